The van der Waals surface area contributed by atoms with E-state index in [0.29, 0.717) is 5.41 Å². The third-order valence-electron chi connectivity index (χ3n) is 3.36. The van der Waals surface area contributed by atoms with Crippen molar-refractivity contribution < 1.29 is 9.90 Å². The number of hydrogen-bond acceptors (Lipinski definition) is 2. The predicted molar refractivity (Wildman–Crippen MR) is 66.8 cm³/mol. The Morgan fingerprint density at radius 3 is 2.41 bits per heavy atom. The molecule has 0 heterocycles. The van der Waals surface area contributed by atoms with Gasteiger partial charge in [0.25, 0.3) is 0 Å². The van der Waals surface area contributed by atoms with Gasteiger partial charge in [-0.2, -0.15) is 0 Å². The summed E-state index contributed by atoms with van der Waals surface area (Å²) in [7, 11) is 0. The molecular weight excluding hydrogens is 214 g/mol. The Morgan fingerprint density at radius 1 is 1.29 bits per heavy atom. The van der Waals surface area contributed by atoms with Crippen LogP contribution in [0.25, 0.3) is 0 Å². The summed E-state index contributed by atoms with van der Waals surface area (Å²) in [6.45, 7) is 4.24. The predicted octanol–water partition coefficient (Wildman–Crippen LogP) is 2.20. The number of benzene rings is 1. The maximum absolute atomic E-state index is 10.5. The zero-order chi connectivity index (χ0) is 12.3. The van der Waals surface area contributed by atoms with Gasteiger partial charge in [0.05, 0.1) is 6.42 Å². The number of carbonyl (C=O) groups is 1. The van der Waals surface area contributed by atoms with E-state index in [1.807, 2.05) is 24.3 Å². The van der Waals surface area contributed by atoms with Crippen LogP contribution in [0.1, 0.15) is 30.9 Å². The van der Waals surface area contributed by atoms with Gasteiger partial charge in [0.2, 0.25) is 0 Å². The molecule has 0 radical (unpaired) electrons. The monoisotopic (exact) mass is 233 g/mol. The highest BCUT2D eigenvalue weighted by Gasteiger charge is 2.36. The molecule has 0 saturated heterocycles. The maximum atomic E-state index is 10.5. The fraction of sp³-hybridized carbons (Fsp3) is 0.500. The number of hydrogen-bond donors (Lipinski definition) is 2. The molecule has 0 aromatic heterocycles. The van der Waals surface area contributed by atoms with E-state index < -0.39 is 5.97 Å². The third kappa shape index (κ3) is 3.86. The van der Waals surface area contributed by atoms with E-state index in [-0.39, 0.29) is 6.42 Å². The summed E-state index contributed by atoms with van der Waals surface area (Å²) in [5.41, 5.74) is 2.60. The number of rotatable bonds is 6. The van der Waals surface area contributed by atoms with Gasteiger partial charge in [0.1, 0.15) is 0 Å². The second-order valence-corrected chi connectivity index (χ2v) is 5.30. The van der Waals surface area contributed by atoms with Crippen LogP contribution in [0.4, 0.5) is 0 Å². The van der Waals surface area contributed by atoms with Crippen LogP contribution in [0.5, 0.6) is 0 Å². The van der Waals surface area contributed by atoms with Gasteiger partial charge in [0, 0.05) is 13.1 Å². The highest BCUT2D eigenvalue weighted by molar-refractivity contribution is 5.70. The first-order valence-electron chi connectivity index (χ1n) is 6.08. The minimum atomic E-state index is -0.780. The Bertz CT molecular complexity index is 393. The Kier molecular flexibility index (Phi) is 3.48. The first-order valence-corrected chi connectivity index (χ1v) is 6.08. The zero-order valence-corrected chi connectivity index (χ0v) is 10.2. The van der Waals surface area contributed by atoms with Gasteiger partial charge >= 0.3 is 5.97 Å². The second-order valence-electron chi connectivity index (χ2n) is 5.30. The normalized spacial score (nSPS) is 16.8. The molecule has 1 aliphatic rings. The number of nitrogens with one attached hydrogen (secondary N) is 1. The maximum Gasteiger partial charge on any atom is 0.307 e. The van der Waals surface area contributed by atoms with Crippen LogP contribution < -0.4 is 5.32 Å². The van der Waals surface area contributed by atoms with Gasteiger partial charge in [-0.05, 0) is 29.4 Å². The van der Waals surface area contributed by atoms with Gasteiger partial charge in [-0.15, -0.1) is 0 Å². The van der Waals surface area contributed by atoms with Crippen molar-refractivity contribution in [1.29, 1.82) is 0 Å². The van der Waals surface area contributed by atoms with Crippen LogP contribution in [-0.4, -0.2) is 17.6 Å². The van der Waals surface area contributed by atoms with Crippen LogP contribution >= 0.6 is 0 Å². The lowest BCUT2D eigenvalue weighted by molar-refractivity contribution is -0.136. The van der Waals surface area contributed by atoms with E-state index in [9.17, 15) is 4.79 Å². The first kappa shape index (κ1) is 12.1. The van der Waals surface area contributed by atoms with Gasteiger partial charge in [-0.25, -0.2) is 0 Å². The van der Waals surface area contributed by atoms with E-state index in [1.165, 1.54) is 18.4 Å². The molecule has 0 amide bonds. The van der Waals surface area contributed by atoms with Crippen molar-refractivity contribution in [3.63, 3.8) is 0 Å². The Hall–Kier alpha value is -1.35. The average Bonchev–Trinajstić information content (AvgIpc) is 2.99. The van der Waals surface area contributed by atoms with E-state index in [2.05, 4.69) is 12.2 Å². The van der Waals surface area contributed by atoms with Crippen molar-refractivity contribution in [2.24, 2.45) is 5.41 Å². The number of aliphatic carboxylic acids is 1. The molecule has 3 heteroatoms. The molecule has 1 aliphatic carbocycles. The average molecular weight is 233 g/mol. The van der Waals surface area contributed by atoms with Crippen LogP contribution in [0.3, 0.4) is 0 Å². The summed E-state index contributed by atoms with van der Waals surface area (Å²) in [6.07, 6.45) is 2.76. The number of carboxylic acids is 1. The van der Waals surface area contributed by atoms with Crippen molar-refractivity contribution in [3.8, 4) is 0 Å². The smallest absolute Gasteiger partial charge is 0.307 e. The van der Waals surface area contributed by atoms with Crippen molar-refractivity contribution in [3.05, 3.63) is 35.4 Å². The van der Waals surface area contributed by atoms with E-state index >= 15 is 0 Å². The fourth-order valence-corrected chi connectivity index (χ4v) is 1.85. The number of carboxylic acid groups (broad SMARTS) is 1. The minimum Gasteiger partial charge on any atom is -0.481 e. The summed E-state index contributed by atoms with van der Waals surface area (Å²) in [4.78, 5) is 10.5. The second kappa shape index (κ2) is 4.88. The van der Waals surface area contributed by atoms with Crippen LogP contribution in [0, 0.1) is 5.41 Å². The molecule has 0 aliphatic heterocycles. The molecule has 1 aromatic rings. The lowest BCUT2D eigenvalue weighted by Crippen LogP contribution is -2.21. The van der Waals surface area contributed by atoms with E-state index in [0.717, 1.165) is 18.7 Å². The molecule has 0 bridgehead atoms. The van der Waals surface area contributed by atoms with Gasteiger partial charge in [-0.3, -0.25) is 4.79 Å². The Morgan fingerprint density at radius 2 is 1.88 bits per heavy atom. The van der Waals surface area contributed by atoms with Gasteiger partial charge in [-0.1, -0.05) is 31.2 Å². The van der Waals surface area contributed by atoms with Gasteiger partial charge in [0.15, 0.2) is 0 Å². The molecule has 0 atom stereocenters. The molecule has 2 rings (SSSR count). The molecule has 17 heavy (non-hydrogen) atoms. The third-order valence-corrected chi connectivity index (χ3v) is 3.36. The summed E-state index contributed by atoms with van der Waals surface area (Å²) in [5, 5.41) is 12.1. The van der Waals surface area contributed by atoms with Crippen LogP contribution in [0.2, 0.25) is 0 Å². The lowest BCUT2D eigenvalue weighted by Gasteiger charge is -2.10. The molecule has 3 nitrogen and oxygen atoms in total. The van der Waals surface area contributed by atoms with Crippen molar-refractivity contribution in [2.45, 2.75) is 32.7 Å². The molecule has 0 spiro atoms. The van der Waals surface area contributed by atoms with E-state index in [1.54, 1.807) is 0 Å². The SMILES string of the molecule is CC1(CNCc2ccc(CC(=O)O)cc2)CC1. The largest absolute Gasteiger partial charge is 0.481 e. The molecule has 2 N–H and O–H groups in total. The summed E-state index contributed by atoms with van der Waals surface area (Å²) >= 11 is 0. The molecule has 0 unspecified atom stereocenters. The van der Waals surface area contributed by atoms with Crippen molar-refractivity contribution in [2.75, 3.05) is 6.54 Å². The van der Waals surface area contributed by atoms with Crippen molar-refractivity contribution in [1.82, 2.24) is 5.32 Å². The highest BCUT2D eigenvalue weighted by atomic mass is 16.4. The summed E-state index contributed by atoms with van der Waals surface area (Å²) in [6, 6.07) is 7.79. The molecule has 1 fully saturated rings. The molecule has 1 aromatic carbocycles. The quantitative estimate of drug-likeness (QED) is 0.792. The molecule has 92 valence electrons. The first-order chi connectivity index (χ1) is 8.07. The van der Waals surface area contributed by atoms with Gasteiger partial charge < -0.3 is 10.4 Å². The zero-order valence-electron chi connectivity index (χ0n) is 10.2. The van der Waals surface area contributed by atoms with E-state index in [4.69, 9.17) is 5.11 Å². The summed E-state index contributed by atoms with van der Waals surface area (Å²) < 4.78 is 0. The topological polar surface area (TPSA) is 49.3 Å². The Labute approximate surface area is 102 Å². The lowest BCUT2D eigenvalue weighted by atomic mass is 10.1. The Balaban J connectivity index is 1.79. The van der Waals surface area contributed by atoms with Crippen molar-refractivity contribution >= 4 is 5.97 Å². The standard InChI is InChI=1S/C14H19NO2/c1-14(6-7-14)10-15-9-12-4-2-11(3-5-12)8-13(16)17/h2-5,15H,6-10H2,1H3,(H,16,17). The minimum absolute atomic E-state index is 0.103. The molecule has 1 saturated carbocycles. The fourth-order valence-electron chi connectivity index (χ4n) is 1.85. The molecular formula is C14H19NO2. The van der Waals surface area contributed by atoms with Crippen LogP contribution in [-0.2, 0) is 17.8 Å². The summed E-state index contributed by atoms with van der Waals surface area (Å²) in [5.74, 6) is -0.780. The highest BCUT2D eigenvalue weighted by Crippen LogP contribution is 2.44. The van der Waals surface area contributed by atoms with Crippen LogP contribution in [0.15, 0.2) is 24.3 Å².